The van der Waals surface area contributed by atoms with E-state index in [0.29, 0.717) is 5.92 Å². The van der Waals surface area contributed by atoms with Crippen molar-refractivity contribution in [1.82, 2.24) is 0 Å². The van der Waals surface area contributed by atoms with Gasteiger partial charge in [-0.25, -0.2) is 0 Å². The Morgan fingerprint density at radius 1 is 1.25 bits per heavy atom. The molecule has 1 aromatic rings. The molecule has 0 radical (unpaired) electrons. The Morgan fingerprint density at radius 2 is 1.94 bits per heavy atom. The number of hydrogen-bond acceptors (Lipinski definition) is 2. The molecule has 0 bridgehead atoms. The molecule has 3 N–H and O–H groups in total. The predicted octanol–water partition coefficient (Wildman–Crippen LogP) is 3.13. The first kappa shape index (κ1) is 11.5. The van der Waals surface area contributed by atoms with Crippen LogP contribution in [0.1, 0.15) is 44.3 Å². The molecule has 0 heterocycles. The maximum absolute atomic E-state index is 10.3. The van der Waals surface area contributed by atoms with Crippen LogP contribution in [0.5, 0.6) is 0 Å². The van der Waals surface area contributed by atoms with Gasteiger partial charge in [0, 0.05) is 5.69 Å². The fourth-order valence-electron chi connectivity index (χ4n) is 2.73. The van der Waals surface area contributed by atoms with Crippen LogP contribution in [0.4, 0.5) is 5.69 Å². The number of hydrogen-bond donors (Lipinski definition) is 2. The highest BCUT2D eigenvalue weighted by molar-refractivity contribution is 5.39. The quantitative estimate of drug-likeness (QED) is 0.751. The van der Waals surface area contributed by atoms with Crippen LogP contribution in [0.3, 0.4) is 0 Å². The zero-order valence-electron chi connectivity index (χ0n) is 9.89. The molecule has 88 valence electrons. The highest BCUT2D eigenvalue weighted by Gasteiger charge is 2.26. The highest BCUT2D eigenvalue weighted by Crippen LogP contribution is 2.37. The second-order valence-corrected chi connectivity index (χ2v) is 5.14. The molecule has 1 aromatic carbocycles. The molecule has 0 aliphatic heterocycles. The highest BCUT2D eigenvalue weighted by atomic mass is 16.3. The van der Waals surface area contributed by atoms with Gasteiger partial charge < -0.3 is 10.8 Å². The van der Waals surface area contributed by atoms with Gasteiger partial charge in [0.2, 0.25) is 0 Å². The van der Waals surface area contributed by atoms with Crippen LogP contribution in [0.2, 0.25) is 0 Å². The van der Waals surface area contributed by atoms with E-state index < -0.39 is 0 Å². The van der Waals surface area contributed by atoms with Gasteiger partial charge in [0.05, 0.1) is 6.10 Å². The molecular weight excluding hydrogens is 198 g/mol. The fourth-order valence-corrected chi connectivity index (χ4v) is 2.73. The molecule has 1 saturated carbocycles. The van der Waals surface area contributed by atoms with Crippen LogP contribution < -0.4 is 5.73 Å². The molecule has 2 nitrogen and oxygen atoms in total. The van der Waals surface area contributed by atoms with Crippen LogP contribution in [0, 0.1) is 11.8 Å². The van der Waals surface area contributed by atoms with Crippen LogP contribution >= 0.6 is 0 Å². The molecule has 1 aliphatic carbocycles. The van der Waals surface area contributed by atoms with E-state index in [0.717, 1.165) is 30.0 Å². The summed E-state index contributed by atoms with van der Waals surface area (Å²) in [6.07, 6.45) is 4.54. The summed E-state index contributed by atoms with van der Waals surface area (Å²) in [6, 6.07) is 7.62. The summed E-state index contributed by atoms with van der Waals surface area (Å²) in [5.41, 5.74) is 7.41. The van der Waals surface area contributed by atoms with E-state index in [1.165, 1.54) is 12.8 Å². The Kier molecular flexibility index (Phi) is 3.49. The number of nitrogen functional groups attached to an aromatic ring is 1. The average molecular weight is 219 g/mol. The molecule has 0 saturated heterocycles. The van der Waals surface area contributed by atoms with Gasteiger partial charge in [-0.3, -0.25) is 0 Å². The van der Waals surface area contributed by atoms with Gasteiger partial charge in [0.25, 0.3) is 0 Å². The summed E-state index contributed by atoms with van der Waals surface area (Å²) in [5.74, 6) is 1.18. The number of benzene rings is 1. The summed E-state index contributed by atoms with van der Waals surface area (Å²) < 4.78 is 0. The fraction of sp³-hybridized carbons (Fsp3) is 0.571. The van der Waals surface area contributed by atoms with Crippen molar-refractivity contribution in [3.63, 3.8) is 0 Å². The van der Waals surface area contributed by atoms with Gasteiger partial charge in [0.1, 0.15) is 0 Å². The Bertz CT molecular complexity index is 333. The zero-order valence-corrected chi connectivity index (χ0v) is 9.89. The van der Waals surface area contributed by atoms with Gasteiger partial charge in [-0.05, 0) is 42.4 Å². The number of anilines is 1. The minimum Gasteiger partial charge on any atom is -0.399 e. The van der Waals surface area contributed by atoms with E-state index in [4.69, 9.17) is 5.73 Å². The Hall–Kier alpha value is -1.02. The standard InChI is InChI=1S/C14H21NO/c1-10-3-2-4-12(9-10)14(16)11-5-7-13(15)8-6-11/h5-8,10,12,14,16H,2-4,9,15H2,1H3. The first-order valence-electron chi connectivity index (χ1n) is 6.20. The van der Waals surface area contributed by atoms with Crippen molar-refractivity contribution >= 4 is 5.69 Å². The van der Waals surface area contributed by atoms with Gasteiger partial charge in [-0.15, -0.1) is 0 Å². The van der Waals surface area contributed by atoms with Crippen molar-refractivity contribution in [2.45, 2.75) is 38.7 Å². The molecular formula is C14H21NO. The molecule has 0 amide bonds. The molecule has 3 atom stereocenters. The van der Waals surface area contributed by atoms with Crippen molar-refractivity contribution < 1.29 is 5.11 Å². The van der Waals surface area contributed by atoms with E-state index in [1.54, 1.807) is 0 Å². The molecule has 16 heavy (non-hydrogen) atoms. The summed E-state index contributed by atoms with van der Waals surface area (Å²) in [7, 11) is 0. The SMILES string of the molecule is CC1CCCC(C(O)c2ccc(N)cc2)C1. The van der Waals surface area contributed by atoms with E-state index in [1.807, 2.05) is 24.3 Å². The van der Waals surface area contributed by atoms with Crippen LogP contribution in [-0.2, 0) is 0 Å². The first-order valence-corrected chi connectivity index (χ1v) is 6.20. The second kappa shape index (κ2) is 4.88. The second-order valence-electron chi connectivity index (χ2n) is 5.14. The minimum atomic E-state index is -0.316. The number of aliphatic hydroxyl groups excluding tert-OH is 1. The Balaban J connectivity index is 2.06. The van der Waals surface area contributed by atoms with E-state index in [-0.39, 0.29) is 6.10 Å². The van der Waals surface area contributed by atoms with Crippen molar-refractivity contribution in [2.24, 2.45) is 11.8 Å². The largest absolute Gasteiger partial charge is 0.399 e. The van der Waals surface area contributed by atoms with E-state index >= 15 is 0 Å². The zero-order chi connectivity index (χ0) is 11.5. The topological polar surface area (TPSA) is 46.2 Å². The summed E-state index contributed by atoms with van der Waals surface area (Å²) in [4.78, 5) is 0. The Labute approximate surface area is 97.5 Å². The Morgan fingerprint density at radius 3 is 2.56 bits per heavy atom. The summed E-state index contributed by atoms with van der Waals surface area (Å²) in [5, 5.41) is 10.3. The maximum Gasteiger partial charge on any atom is 0.0818 e. The minimum absolute atomic E-state index is 0.316. The predicted molar refractivity (Wildman–Crippen MR) is 66.9 cm³/mol. The normalized spacial score (nSPS) is 27.6. The third-order valence-electron chi connectivity index (χ3n) is 3.70. The van der Waals surface area contributed by atoms with Gasteiger partial charge in [-0.2, -0.15) is 0 Å². The smallest absolute Gasteiger partial charge is 0.0818 e. The number of aliphatic hydroxyl groups is 1. The first-order chi connectivity index (χ1) is 7.66. The third-order valence-corrected chi connectivity index (χ3v) is 3.70. The van der Waals surface area contributed by atoms with Crippen molar-refractivity contribution in [2.75, 3.05) is 5.73 Å². The molecule has 2 heteroatoms. The van der Waals surface area contributed by atoms with Crippen LogP contribution in [-0.4, -0.2) is 5.11 Å². The lowest BCUT2D eigenvalue weighted by Gasteiger charge is -2.30. The molecule has 2 rings (SSSR count). The van der Waals surface area contributed by atoms with Crippen LogP contribution in [0.15, 0.2) is 24.3 Å². The molecule has 3 unspecified atom stereocenters. The number of nitrogens with two attached hydrogens (primary N) is 1. The number of rotatable bonds is 2. The van der Waals surface area contributed by atoms with Crippen molar-refractivity contribution in [1.29, 1.82) is 0 Å². The maximum atomic E-state index is 10.3. The lowest BCUT2D eigenvalue weighted by atomic mass is 9.78. The summed E-state index contributed by atoms with van der Waals surface area (Å²) >= 11 is 0. The molecule has 0 aromatic heterocycles. The van der Waals surface area contributed by atoms with Gasteiger partial charge in [0.15, 0.2) is 0 Å². The summed E-state index contributed by atoms with van der Waals surface area (Å²) in [6.45, 7) is 2.28. The monoisotopic (exact) mass is 219 g/mol. The van der Waals surface area contributed by atoms with Gasteiger partial charge >= 0.3 is 0 Å². The van der Waals surface area contributed by atoms with Crippen LogP contribution in [0.25, 0.3) is 0 Å². The van der Waals surface area contributed by atoms with Crippen molar-refractivity contribution in [3.8, 4) is 0 Å². The van der Waals surface area contributed by atoms with E-state index in [9.17, 15) is 5.11 Å². The lowest BCUT2D eigenvalue weighted by Crippen LogP contribution is -2.20. The average Bonchev–Trinajstić information content (AvgIpc) is 2.29. The molecule has 1 aliphatic rings. The lowest BCUT2D eigenvalue weighted by molar-refractivity contribution is 0.0714. The molecule has 0 spiro atoms. The molecule has 1 fully saturated rings. The third kappa shape index (κ3) is 2.56. The van der Waals surface area contributed by atoms with Crippen molar-refractivity contribution in [3.05, 3.63) is 29.8 Å². The van der Waals surface area contributed by atoms with Gasteiger partial charge in [-0.1, -0.05) is 31.9 Å². The van der Waals surface area contributed by atoms with E-state index in [2.05, 4.69) is 6.92 Å².